The maximum absolute atomic E-state index is 0. The predicted molar refractivity (Wildman–Crippen MR) is 17.3 cm³/mol. The number of hydrogen-bond acceptors (Lipinski definition) is 0. The molecule has 0 aliphatic heterocycles. The van der Waals surface area contributed by atoms with Crippen LogP contribution in [0.2, 0.25) is 0 Å². The fourth-order valence-corrected chi connectivity index (χ4v) is 0. The van der Waals surface area contributed by atoms with E-state index in [2.05, 4.69) is 0 Å². The largest absolute Gasteiger partial charge is 0 e. The van der Waals surface area contributed by atoms with Gasteiger partial charge < -0.3 is 0 Å². The molecule has 5 heteroatoms. The van der Waals surface area contributed by atoms with Crippen LogP contribution in [-0.2, 0) is 36.5 Å². The number of rotatable bonds is 0. The molecular formula is CuPbSiSnZn. The van der Waals surface area contributed by atoms with Crippen LogP contribution in [0.15, 0.2) is 0 Å². The first-order valence-corrected chi connectivity index (χ1v) is 0. The van der Waals surface area contributed by atoms with E-state index in [9.17, 15) is 0 Å². The fraction of sp³-hybridized carbons (Fsp3) is 0. The standard InChI is InChI=1S/Cu.Pb.Si.Sn.Zn. The molecule has 0 saturated heterocycles. The summed E-state index contributed by atoms with van der Waals surface area (Å²) in [7, 11) is 0. The Morgan fingerprint density at radius 3 is 1.00 bits per heavy atom. The van der Waals surface area contributed by atoms with Crippen LogP contribution in [0.5, 0.6) is 0 Å². The van der Waals surface area contributed by atoms with E-state index >= 15 is 0 Å². The van der Waals surface area contributed by atoms with Crippen molar-refractivity contribution in [3.63, 3.8) is 0 Å². The Kier molecular flexibility index (Phi) is 236. The second kappa shape index (κ2) is 27.6. The van der Waals surface area contributed by atoms with E-state index in [4.69, 9.17) is 0 Å². The first-order valence-electron chi connectivity index (χ1n) is 0. The average Bonchev–Trinajstić information content (AvgIpc) is 0. The van der Waals surface area contributed by atoms with Crippen molar-refractivity contribution in [1.29, 1.82) is 0 Å². The molecule has 0 unspecified atom stereocenters. The van der Waals surface area contributed by atoms with Crippen molar-refractivity contribution < 1.29 is 36.5 Å². The quantitative estimate of drug-likeness (QED) is 0.383. The first-order chi connectivity index (χ1) is 0. The van der Waals surface area contributed by atoms with Crippen LogP contribution in [0.4, 0.5) is 0 Å². The number of hydrogen-bond donors (Lipinski definition) is 0. The van der Waals surface area contributed by atoms with Crippen LogP contribution in [0, 0.1) is 0 Å². The Balaban J connectivity index is 0. The molecule has 0 aromatic heterocycles. The van der Waals surface area contributed by atoms with Gasteiger partial charge in [-0.2, -0.15) is 0 Å². The molecule has 0 N–H and O–H groups in total. The Bertz CT molecular complexity index is 11.6. The van der Waals surface area contributed by atoms with Gasteiger partial charge in [0.15, 0.2) is 0 Å². The monoisotopic (exact) mass is 483 g/mol. The molecule has 13 radical (unpaired) electrons. The zero-order chi connectivity index (χ0) is 0. The maximum atomic E-state index is 0. The van der Waals surface area contributed by atoms with Gasteiger partial charge in [0, 0.05) is 98.7 Å². The summed E-state index contributed by atoms with van der Waals surface area (Å²) < 4.78 is 0. The zero-order valence-electron chi connectivity index (χ0n) is 2.51. The molecule has 0 nitrogen and oxygen atoms in total. The molecule has 0 rings (SSSR count). The summed E-state index contributed by atoms with van der Waals surface area (Å²) in [5.41, 5.74) is 0. The van der Waals surface area contributed by atoms with Gasteiger partial charge in [-0.25, -0.2) is 0 Å². The smallest absolute Gasteiger partial charge is 0 e. The van der Waals surface area contributed by atoms with Gasteiger partial charge in [-0.1, -0.05) is 0 Å². The first kappa shape index (κ1) is 42.7. The van der Waals surface area contributed by atoms with E-state index in [1.54, 1.807) is 0 Å². The van der Waals surface area contributed by atoms with Crippen molar-refractivity contribution in [1.82, 2.24) is 0 Å². The van der Waals surface area contributed by atoms with Crippen molar-refractivity contribution >= 4 is 62.2 Å². The SMILES string of the molecule is [Cu].[Pb].[Si].[Sn].[Zn]. The maximum Gasteiger partial charge on any atom is 0 e. The fourth-order valence-electron chi connectivity index (χ4n) is 0. The Morgan fingerprint density at radius 1 is 1.00 bits per heavy atom. The zero-order valence-corrected chi connectivity index (χ0v) is 14.2. The van der Waals surface area contributed by atoms with Crippen LogP contribution in [0.3, 0.4) is 0 Å². The molecule has 0 heterocycles. The van der Waals surface area contributed by atoms with Crippen molar-refractivity contribution in [3.8, 4) is 0 Å². The van der Waals surface area contributed by atoms with Gasteiger partial charge >= 0.3 is 0 Å². The summed E-state index contributed by atoms with van der Waals surface area (Å²) in [5.74, 6) is 0. The third-order valence-corrected chi connectivity index (χ3v) is 0. The minimum absolute atomic E-state index is 0. The Morgan fingerprint density at radius 2 is 1.00 bits per heavy atom. The van der Waals surface area contributed by atoms with Gasteiger partial charge in [-0.15, -0.1) is 0 Å². The molecule has 0 amide bonds. The predicted octanol–water partition coefficient (Wildman–Crippen LogP) is -1.15. The summed E-state index contributed by atoms with van der Waals surface area (Å²) in [4.78, 5) is 0. The minimum atomic E-state index is 0. The average molecular weight is 483 g/mol. The second-order valence-electron chi connectivity index (χ2n) is 0. The van der Waals surface area contributed by atoms with E-state index in [1.165, 1.54) is 0 Å². The summed E-state index contributed by atoms with van der Waals surface area (Å²) in [6.07, 6.45) is 0. The van der Waals surface area contributed by atoms with Gasteiger partial charge in [0.25, 0.3) is 0 Å². The van der Waals surface area contributed by atoms with Crippen LogP contribution in [0.1, 0.15) is 0 Å². The molecule has 0 atom stereocenters. The van der Waals surface area contributed by atoms with Crippen LogP contribution in [0.25, 0.3) is 0 Å². The van der Waals surface area contributed by atoms with Crippen LogP contribution < -0.4 is 0 Å². The van der Waals surface area contributed by atoms with Crippen LogP contribution in [-0.4, -0.2) is 62.2 Å². The molecule has 0 fully saturated rings. The van der Waals surface area contributed by atoms with Gasteiger partial charge in [-0.05, 0) is 0 Å². The van der Waals surface area contributed by atoms with Crippen molar-refractivity contribution in [2.75, 3.05) is 0 Å². The summed E-state index contributed by atoms with van der Waals surface area (Å²) in [6, 6.07) is 0. The van der Waals surface area contributed by atoms with Crippen molar-refractivity contribution in [2.24, 2.45) is 0 Å². The van der Waals surface area contributed by atoms with E-state index < -0.39 is 0 Å². The summed E-state index contributed by atoms with van der Waals surface area (Å²) in [5, 5.41) is 0. The molecule has 0 aromatic rings. The molecule has 5 heavy (non-hydrogen) atoms. The normalized spacial score (nSPS) is 0. The van der Waals surface area contributed by atoms with Gasteiger partial charge in [0.05, 0.1) is 0 Å². The van der Waals surface area contributed by atoms with E-state index in [1.807, 2.05) is 0 Å². The minimum Gasteiger partial charge on any atom is 0 e. The van der Waals surface area contributed by atoms with E-state index in [-0.39, 0.29) is 98.7 Å². The van der Waals surface area contributed by atoms with Crippen molar-refractivity contribution in [2.45, 2.75) is 0 Å². The Labute approximate surface area is 97.0 Å². The van der Waals surface area contributed by atoms with Gasteiger partial charge in [0.2, 0.25) is 0 Å². The van der Waals surface area contributed by atoms with E-state index in [0.29, 0.717) is 0 Å². The molecular weight excluding hydrogens is 483 g/mol. The molecule has 0 bridgehead atoms. The summed E-state index contributed by atoms with van der Waals surface area (Å²) >= 11 is 0. The molecule has 0 aromatic carbocycles. The molecule has 25 valence electrons. The second-order valence-corrected chi connectivity index (χ2v) is 0. The Hall–Kier alpha value is 3.08. The topological polar surface area (TPSA) is 0 Å². The van der Waals surface area contributed by atoms with Crippen molar-refractivity contribution in [3.05, 3.63) is 0 Å². The van der Waals surface area contributed by atoms with Gasteiger partial charge in [0.1, 0.15) is 0 Å². The summed E-state index contributed by atoms with van der Waals surface area (Å²) in [6.45, 7) is 0. The third-order valence-electron chi connectivity index (χ3n) is 0. The van der Waals surface area contributed by atoms with Crippen LogP contribution >= 0.6 is 0 Å². The molecule has 0 aliphatic rings. The molecule has 0 aliphatic carbocycles. The third kappa shape index (κ3) is 19.3. The molecule has 0 saturated carbocycles. The molecule has 0 spiro atoms. The van der Waals surface area contributed by atoms with E-state index in [0.717, 1.165) is 0 Å². The van der Waals surface area contributed by atoms with Gasteiger partial charge in [-0.3, -0.25) is 0 Å².